The number of carboxylic acid groups (broad SMARTS) is 1. The van der Waals surface area contributed by atoms with E-state index in [1.165, 1.54) is 6.07 Å². The van der Waals surface area contributed by atoms with Gasteiger partial charge in [-0.2, -0.15) is 0 Å². The van der Waals surface area contributed by atoms with Crippen molar-refractivity contribution in [2.75, 3.05) is 5.32 Å². The monoisotopic (exact) mass is 263 g/mol. The van der Waals surface area contributed by atoms with Gasteiger partial charge in [-0.25, -0.2) is 14.8 Å². The van der Waals surface area contributed by atoms with E-state index < -0.39 is 5.97 Å². The SMILES string of the molecule is Cc1cc(C(=O)O)cc(NCc2ncc(C)s2)n1. The zero-order chi connectivity index (χ0) is 13.1. The van der Waals surface area contributed by atoms with E-state index in [2.05, 4.69) is 15.3 Å². The van der Waals surface area contributed by atoms with E-state index in [9.17, 15) is 4.79 Å². The van der Waals surface area contributed by atoms with Crippen LogP contribution < -0.4 is 5.32 Å². The van der Waals surface area contributed by atoms with E-state index in [1.807, 2.05) is 13.1 Å². The minimum Gasteiger partial charge on any atom is -0.478 e. The molecule has 0 atom stereocenters. The number of carboxylic acids is 1. The molecule has 0 fully saturated rings. The quantitative estimate of drug-likeness (QED) is 0.886. The van der Waals surface area contributed by atoms with Crippen LogP contribution in [0.4, 0.5) is 5.82 Å². The summed E-state index contributed by atoms with van der Waals surface area (Å²) in [5.74, 6) is -0.395. The van der Waals surface area contributed by atoms with Crippen molar-refractivity contribution in [3.8, 4) is 0 Å². The van der Waals surface area contributed by atoms with Crippen molar-refractivity contribution in [1.29, 1.82) is 0 Å². The molecular weight excluding hydrogens is 250 g/mol. The number of rotatable bonds is 4. The lowest BCUT2D eigenvalue weighted by Gasteiger charge is -2.05. The van der Waals surface area contributed by atoms with Crippen molar-refractivity contribution in [3.05, 3.63) is 39.5 Å². The first-order valence-corrected chi connectivity index (χ1v) is 6.23. The molecule has 0 unspecified atom stereocenters. The summed E-state index contributed by atoms with van der Waals surface area (Å²) in [4.78, 5) is 20.5. The highest BCUT2D eigenvalue weighted by Crippen LogP contribution is 2.14. The predicted molar refractivity (Wildman–Crippen MR) is 70.1 cm³/mol. The summed E-state index contributed by atoms with van der Waals surface area (Å²) in [6.45, 7) is 4.31. The predicted octanol–water partition coefficient (Wildman–Crippen LogP) is 2.47. The minimum absolute atomic E-state index is 0.236. The smallest absolute Gasteiger partial charge is 0.335 e. The number of hydrogen-bond acceptors (Lipinski definition) is 5. The fourth-order valence-corrected chi connectivity index (χ4v) is 2.26. The Labute approximate surface area is 109 Å². The highest BCUT2D eigenvalue weighted by molar-refractivity contribution is 7.11. The Morgan fingerprint density at radius 1 is 1.44 bits per heavy atom. The van der Waals surface area contributed by atoms with Crippen LogP contribution in [0.1, 0.15) is 25.9 Å². The second-order valence-corrected chi connectivity index (χ2v) is 5.23. The molecule has 94 valence electrons. The molecule has 0 aliphatic rings. The summed E-state index contributed by atoms with van der Waals surface area (Å²) in [5.41, 5.74) is 0.910. The lowest BCUT2D eigenvalue weighted by atomic mass is 10.2. The van der Waals surface area contributed by atoms with Gasteiger partial charge in [0.05, 0.1) is 12.1 Å². The van der Waals surface area contributed by atoms with Crippen LogP contribution in [0.15, 0.2) is 18.3 Å². The van der Waals surface area contributed by atoms with E-state index >= 15 is 0 Å². The molecule has 0 radical (unpaired) electrons. The van der Waals surface area contributed by atoms with Gasteiger partial charge in [0.25, 0.3) is 0 Å². The van der Waals surface area contributed by atoms with Crippen molar-refractivity contribution < 1.29 is 9.90 Å². The number of hydrogen-bond donors (Lipinski definition) is 2. The van der Waals surface area contributed by atoms with Crippen LogP contribution in [-0.2, 0) is 6.54 Å². The first kappa shape index (κ1) is 12.5. The molecule has 0 aliphatic carbocycles. The number of carbonyl (C=O) groups is 1. The van der Waals surface area contributed by atoms with Gasteiger partial charge in [0.2, 0.25) is 0 Å². The summed E-state index contributed by atoms with van der Waals surface area (Å²) in [6.07, 6.45) is 1.81. The van der Waals surface area contributed by atoms with Gasteiger partial charge in [-0.3, -0.25) is 0 Å². The number of thiazole rings is 1. The second kappa shape index (κ2) is 5.14. The molecule has 0 saturated carbocycles. The normalized spacial score (nSPS) is 10.3. The topological polar surface area (TPSA) is 75.1 Å². The number of anilines is 1. The van der Waals surface area contributed by atoms with E-state index in [0.717, 1.165) is 9.88 Å². The third-order valence-electron chi connectivity index (χ3n) is 2.29. The van der Waals surface area contributed by atoms with E-state index in [0.29, 0.717) is 18.1 Å². The molecular formula is C12H13N3O2S. The van der Waals surface area contributed by atoms with Crippen LogP contribution >= 0.6 is 11.3 Å². The number of aryl methyl sites for hydroxylation is 2. The van der Waals surface area contributed by atoms with Gasteiger partial charge >= 0.3 is 5.97 Å². The average molecular weight is 263 g/mol. The summed E-state index contributed by atoms with van der Waals surface area (Å²) in [6, 6.07) is 3.07. The Bertz CT molecular complexity index is 580. The van der Waals surface area contributed by atoms with Crippen LogP contribution in [0.5, 0.6) is 0 Å². The third-order valence-corrected chi connectivity index (χ3v) is 3.20. The Morgan fingerprint density at radius 2 is 2.22 bits per heavy atom. The molecule has 5 nitrogen and oxygen atoms in total. The van der Waals surface area contributed by atoms with Gasteiger partial charge in [-0.05, 0) is 26.0 Å². The van der Waals surface area contributed by atoms with E-state index in [-0.39, 0.29) is 5.56 Å². The Balaban J connectivity index is 2.11. The molecule has 2 aromatic heterocycles. The molecule has 0 amide bonds. The molecule has 6 heteroatoms. The fourth-order valence-electron chi connectivity index (χ4n) is 1.53. The highest BCUT2D eigenvalue weighted by atomic mass is 32.1. The second-order valence-electron chi connectivity index (χ2n) is 3.91. The lowest BCUT2D eigenvalue weighted by molar-refractivity contribution is 0.0696. The first-order valence-electron chi connectivity index (χ1n) is 5.42. The fraction of sp³-hybridized carbons (Fsp3) is 0.250. The van der Waals surface area contributed by atoms with Crippen LogP contribution in [-0.4, -0.2) is 21.0 Å². The Hall–Kier alpha value is -1.95. The third kappa shape index (κ3) is 3.04. The molecule has 0 aliphatic heterocycles. The summed E-state index contributed by atoms with van der Waals surface area (Å²) < 4.78 is 0. The number of pyridine rings is 1. The molecule has 2 heterocycles. The Morgan fingerprint density at radius 3 is 2.83 bits per heavy atom. The summed E-state index contributed by atoms with van der Waals surface area (Å²) in [7, 11) is 0. The largest absolute Gasteiger partial charge is 0.478 e. The number of aromatic carboxylic acids is 1. The van der Waals surface area contributed by atoms with Gasteiger partial charge in [0.1, 0.15) is 10.8 Å². The Kier molecular flexibility index (Phi) is 3.57. The number of nitrogens with one attached hydrogen (secondary N) is 1. The van der Waals surface area contributed by atoms with E-state index in [1.54, 1.807) is 24.3 Å². The van der Waals surface area contributed by atoms with Gasteiger partial charge in [-0.1, -0.05) is 0 Å². The van der Waals surface area contributed by atoms with Crippen molar-refractivity contribution in [2.45, 2.75) is 20.4 Å². The van der Waals surface area contributed by atoms with Crippen LogP contribution in [0.2, 0.25) is 0 Å². The molecule has 0 aromatic carbocycles. The van der Waals surface area contributed by atoms with Gasteiger partial charge in [-0.15, -0.1) is 11.3 Å². The number of nitrogens with zero attached hydrogens (tertiary/aromatic N) is 2. The average Bonchev–Trinajstić information content (AvgIpc) is 2.72. The van der Waals surface area contributed by atoms with Crippen LogP contribution in [0.3, 0.4) is 0 Å². The van der Waals surface area contributed by atoms with Gasteiger partial charge < -0.3 is 10.4 Å². The molecule has 2 rings (SSSR count). The highest BCUT2D eigenvalue weighted by Gasteiger charge is 2.07. The van der Waals surface area contributed by atoms with Crippen molar-refractivity contribution >= 4 is 23.1 Å². The van der Waals surface area contributed by atoms with Gasteiger partial charge in [0.15, 0.2) is 0 Å². The van der Waals surface area contributed by atoms with Gasteiger partial charge in [0, 0.05) is 16.8 Å². The minimum atomic E-state index is -0.950. The van der Waals surface area contributed by atoms with Crippen molar-refractivity contribution in [1.82, 2.24) is 9.97 Å². The standard InChI is InChI=1S/C12H13N3O2S/c1-7-3-9(12(16)17)4-10(15-7)13-6-11-14-5-8(2)18-11/h3-5H,6H2,1-2H3,(H,13,15)(H,16,17). The molecule has 0 spiro atoms. The van der Waals surface area contributed by atoms with Crippen molar-refractivity contribution in [3.63, 3.8) is 0 Å². The zero-order valence-electron chi connectivity index (χ0n) is 10.1. The first-order chi connectivity index (χ1) is 8.54. The molecule has 0 bridgehead atoms. The molecule has 2 N–H and O–H groups in total. The van der Waals surface area contributed by atoms with Crippen LogP contribution in [0.25, 0.3) is 0 Å². The maximum Gasteiger partial charge on any atom is 0.335 e. The maximum atomic E-state index is 10.9. The van der Waals surface area contributed by atoms with Crippen molar-refractivity contribution in [2.24, 2.45) is 0 Å². The summed E-state index contributed by atoms with van der Waals surface area (Å²) in [5, 5.41) is 13.0. The molecule has 2 aromatic rings. The summed E-state index contributed by atoms with van der Waals surface area (Å²) >= 11 is 1.60. The molecule has 0 saturated heterocycles. The zero-order valence-corrected chi connectivity index (χ0v) is 10.9. The maximum absolute atomic E-state index is 10.9. The van der Waals surface area contributed by atoms with Crippen LogP contribution in [0, 0.1) is 13.8 Å². The number of aromatic nitrogens is 2. The van der Waals surface area contributed by atoms with E-state index in [4.69, 9.17) is 5.11 Å². The molecule has 18 heavy (non-hydrogen) atoms. The lowest BCUT2D eigenvalue weighted by Crippen LogP contribution is -2.05.